The van der Waals surface area contributed by atoms with Gasteiger partial charge in [0.25, 0.3) is 0 Å². The van der Waals surface area contributed by atoms with Gasteiger partial charge in [0.1, 0.15) is 0 Å². The van der Waals surface area contributed by atoms with Crippen molar-refractivity contribution in [2.45, 2.75) is 85.2 Å². The van der Waals surface area contributed by atoms with Crippen LogP contribution in [0.3, 0.4) is 0 Å². The van der Waals surface area contributed by atoms with E-state index in [9.17, 15) is 0 Å². The molecule has 0 heterocycles. The van der Waals surface area contributed by atoms with Crippen LogP contribution in [0.4, 0.5) is 0 Å². The predicted molar refractivity (Wildman–Crippen MR) is 210 cm³/mol. The summed E-state index contributed by atoms with van der Waals surface area (Å²) in [5.74, 6) is 0. The number of aryl methyl sites for hydroxylation is 2. The van der Waals surface area contributed by atoms with Gasteiger partial charge in [-0.2, -0.15) is 18.2 Å². The van der Waals surface area contributed by atoms with Crippen LogP contribution in [0.5, 0.6) is 0 Å². The van der Waals surface area contributed by atoms with E-state index in [4.69, 9.17) is 17.0 Å². The number of rotatable bonds is 7. The van der Waals surface area contributed by atoms with Crippen LogP contribution in [0.1, 0.15) is 70.6 Å². The van der Waals surface area contributed by atoms with Crippen molar-refractivity contribution in [1.82, 2.24) is 0 Å². The quantitative estimate of drug-likeness (QED) is 0.0864. The molecule has 244 valence electrons. The molecule has 0 aliphatic heterocycles. The van der Waals surface area contributed by atoms with Gasteiger partial charge in [-0.25, -0.2) is 0 Å². The van der Waals surface area contributed by atoms with Crippen molar-refractivity contribution in [3.05, 3.63) is 132 Å². The van der Waals surface area contributed by atoms with Gasteiger partial charge < -0.3 is 0 Å². The second kappa shape index (κ2) is 20.3. The van der Waals surface area contributed by atoms with Gasteiger partial charge in [0.15, 0.2) is 0 Å². The molecule has 0 unspecified atom stereocenters. The van der Waals surface area contributed by atoms with E-state index in [0.717, 1.165) is 15.9 Å². The van der Waals surface area contributed by atoms with Crippen molar-refractivity contribution in [1.29, 1.82) is 0 Å². The molecule has 0 fully saturated rings. The van der Waals surface area contributed by atoms with Gasteiger partial charge in [0, 0.05) is 9.52 Å². The molecule has 0 nitrogen and oxygen atoms in total. The van der Waals surface area contributed by atoms with Gasteiger partial charge in [0.2, 0.25) is 0 Å². The third-order valence-electron chi connectivity index (χ3n) is 8.29. The summed E-state index contributed by atoms with van der Waals surface area (Å²) >= 11 is -0.826. The Hall–Kier alpha value is -2.22. The van der Waals surface area contributed by atoms with Crippen molar-refractivity contribution < 1.29 is 20.8 Å². The Bertz CT molecular complexity index is 1740. The van der Waals surface area contributed by atoms with Crippen LogP contribution < -0.4 is 0 Å². The molecule has 0 aliphatic carbocycles. The monoisotopic (exact) mass is 754 g/mol. The van der Waals surface area contributed by atoms with Crippen LogP contribution in [-0.4, -0.2) is 9.52 Å². The summed E-state index contributed by atoms with van der Waals surface area (Å²) < 4.78 is 0. The Balaban J connectivity index is 0.000000221. The first-order valence-corrected chi connectivity index (χ1v) is 25.1. The van der Waals surface area contributed by atoms with Crippen molar-refractivity contribution in [2.75, 3.05) is 0 Å². The Morgan fingerprint density at radius 1 is 0.702 bits per heavy atom. The normalized spacial score (nSPS) is 10.7. The van der Waals surface area contributed by atoms with Crippen molar-refractivity contribution in [2.24, 2.45) is 0 Å². The van der Waals surface area contributed by atoms with Crippen molar-refractivity contribution in [3.8, 4) is 22.3 Å². The number of halogens is 2. The molecule has 0 amide bonds. The number of benzene rings is 4. The zero-order valence-corrected chi connectivity index (χ0v) is 34.2. The summed E-state index contributed by atoms with van der Waals surface area (Å²) in [4.78, 5) is 0. The number of hydrogen-bond acceptors (Lipinski definition) is 0. The molecule has 6 aromatic carbocycles. The topological polar surface area (TPSA) is 0 Å². The molecule has 0 saturated heterocycles. The SMILES string of the molecule is CC(C)(C)c1ccc(-c2cccc3[cH-]ccc23)cc1.CCCCCc1ccc(-c2cccc3[cH-]c(CC)cc23)cc1.C[Si]C.[Cl][Zr+2][Cl]. The molecule has 6 aromatic rings. The fourth-order valence-corrected chi connectivity index (χ4v) is 5.75. The third-order valence-corrected chi connectivity index (χ3v) is 8.29. The first kappa shape index (κ1) is 39.2. The average Bonchev–Trinajstić information content (AvgIpc) is 3.73. The van der Waals surface area contributed by atoms with Crippen LogP contribution >= 0.6 is 17.0 Å². The summed E-state index contributed by atoms with van der Waals surface area (Å²) in [5.41, 5.74) is 9.79. The van der Waals surface area contributed by atoms with E-state index < -0.39 is 20.8 Å². The Kier molecular flexibility index (Phi) is 17.0. The third kappa shape index (κ3) is 11.7. The number of hydrogen-bond donors (Lipinski definition) is 0. The summed E-state index contributed by atoms with van der Waals surface area (Å²) in [5, 5.41) is 5.41. The standard InChI is InChI=1S/C22H25.C19H19.C2H6Si.2ClH.Zr/c1-3-5-6-8-18-11-13-19(14-12-18)21-10-7-9-20-15-17(4-2)16-22(20)21;1-19(2,3)16-12-10-15(11-13-16)18-9-5-7-14-6-4-8-17(14)18;1-3-2;;;/h7,9-16H,3-6,8H2,1-2H3;4-13H,1-3H3;1-2H3;2*1H;/q2*-1;;;;+4/p-2. The van der Waals surface area contributed by atoms with E-state index >= 15 is 0 Å². The van der Waals surface area contributed by atoms with E-state index in [2.05, 4.69) is 163 Å². The zero-order chi connectivity index (χ0) is 34.2. The minimum atomic E-state index is -0.826. The van der Waals surface area contributed by atoms with E-state index in [1.165, 1.54) is 86.2 Å². The Morgan fingerprint density at radius 3 is 1.81 bits per heavy atom. The van der Waals surface area contributed by atoms with Crippen LogP contribution in [-0.2, 0) is 39.1 Å². The Labute approximate surface area is 306 Å². The van der Waals surface area contributed by atoms with E-state index in [0.29, 0.717) is 0 Å². The van der Waals surface area contributed by atoms with Crippen LogP contribution in [0, 0.1) is 0 Å². The van der Waals surface area contributed by atoms with Gasteiger partial charge in [-0.05, 0) is 46.9 Å². The molecule has 0 atom stereocenters. The van der Waals surface area contributed by atoms with Crippen LogP contribution in [0.15, 0.2) is 115 Å². The fourth-order valence-electron chi connectivity index (χ4n) is 5.75. The summed E-state index contributed by atoms with van der Waals surface area (Å²) in [6.07, 6.45) is 6.22. The summed E-state index contributed by atoms with van der Waals surface area (Å²) in [7, 11) is 11.0. The second-order valence-corrected chi connectivity index (χ2v) is 17.6. The Morgan fingerprint density at radius 2 is 1.26 bits per heavy atom. The molecule has 0 aliphatic rings. The molecule has 6 rings (SSSR count). The fraction of sp³-hybridized carbons (Fsp3) is 0.302. The van der Waals surface area contributed by atoms with Crippen molar-refractivity contribution in [3.63, 3.8) is 0 Å². The van der Waals surface area contributed by atoms with Gasteiger partial charge >= 0.3 is 37.9 Å². The number of fused-ring (bicyclic) bond motifs is 2. The second-order valence-electron chi connectivity index (χ2n) is 12.9. The first-order chi connectivity index (χ1) is 22.7. The van der Waals surface area contributed by atoms with E-state index in [-0.39, 0.29) is 5.41 Å². The van der Waals surface area contributed by atoms with Gasteiger partial charge in [-0.3, -0.25) is 0 Å². The molecule has 0 spiro atoms. The molecule has 47 heavy (non-hydrogen) atoms. The van der Waals surface area contributed by atoms with Crippen molar-refractivity contribution >= 4 is 48.1 Å². The first-order valence-electron chi connectivity index (χ1n) is 16.8. The predicted octanol–water partition coefficient (Wildman–Crippen LogP) is 14.2. The molecule has 0 saturated carbocycles. The maximum absolute atomic E-state index is 4.93. The zero-order valence-electron chi connectivity index (χ0n) is 29.3. The summed E-state index contributed by atoms with van der Waals surface area (Å²) in [6, 6.07) is 42.4. The number of unbranched alkanes of at least 4 members (excludes halogenated alkanes) is 2. The van der Waals surface area contributed by atoms with Gasteiger partial charge in [-0.15, -0.1) is 63.5 Å². The molecular weight excluding hydrogens is 707 g/mol. The molecule has 2 radical (unpaired) electrons. The molecule has 0 bridgehead atoms. The molecule has 0 aromatic heterocycles. The van der Waals surface area contributed by atoms with Crippen LogP contribution in [0.2, 0.25) is 13.1 Å². The van der Waals surface area contributed by atoms with Gasteiger partial charge in [0.05, 0.1) is 0 Å². The molecule has 4 heteroatoms. The molecule has 0 N–H and O–H groups in total. The summed E-state index contributed by atoms with van der Waals surface area (Å²) in [6.45, 7) is 15.5. The van der Waals surface area contributed by atoms with Gasteiger partial charge in [-0.1, -0.05) is 132 Å². The van der Waals surface area contributed by atoms with Crippen LogP contribution in [0.25, 0.3) is 43.8 Å². The average molecular weight is 757 g/mol. The molecular formula is C43H50Cl2SiZr. The van der Waals surface area contributed by atoms with E-state index in [1.54, 1.807) is 0 Å². The van der Waals surface area contributed by atoms with E-state index in [1.807, 2.05) is 0 Å². The minimum absolute atomic E-state index is 0.213. The maximum atomic E-state index is 4.93.